The lowest BCUT2D eigenvalue weighted by Gasteiger charge is -2.34. The van der Waals surface area contributed by atoms with Gasteiger partial charge in [0, 0.05) is 5.56 Å². The lowest BCUT2D eigenvalue weighted by molar-refractivity contribution is -0.193. The highest BCUT2D eigenvalue weighted by atomic mass is 19.3. The number of hydrogen-bond donors (Lipinski definition) is 1. The first-order valence-electron chi connectivity index (χ1n) is 8.27. The zero-order valence-corrected chi connectivity index (χ0v) is 14.3. The van der Waals surface area contributed by atoms with Crippen molar-refractivity contribution in [3.63, 3.8) is 0 Å². The molecule has 0 saturated heterocycles. The molecule has 1 aromatic heterocycles. The van der Waals surface area contributed by atoms with Crippen LogP contribution >= 0.6 is 0 Å². The number of aliphatic hydroxyl groups excluding tert-OH is 1. The third kappa shape index (κ3) is 2.97. The molecule has 4 rings (SSSR count). The first kappa shape index (κ1) is 17.3. The third-order valence-corrected chi connectivity index (χ3v) is 4.31. The van der Waals surface area contributed by atoms with E-state index in [1.165, 1.54) is 25.3 Å². The molecular weight excluding hydrogens is 356 g/mol. The van der Waals surface area contributed by atoms with Crippen molar-refractivity contribution in [1.82, 2.24) is 9.97 Å². The zero-order valence-electron chi connectivity index (χ0n) is 14.3. The second kappa shape index (κ2) is 6.24. The lowest BCUT2D eigenvalue weighted by Crippen LogP contribution is -2.50. The molecule has 6 nitrogen and oxygen atoms in total. The van der Waals surface area contributed by atoms with E-state index in [2.05, 4.69) is 14.7 Å². The second-order valence-electron chi connectivity index (χ2n) is 6.23. The van der Waals surface area contributed by atoms with Crippen LogP contribution in [0.1, 0.15) is 24.3 Å². The van der Waals surface area contributed by atoms with Crippen LogP contribution in [0.25, 0.3) is 11.0 Å². The zero-order chi connectivity index (χ0) is 19.2. The first-order valence-corrected chi connectivity index (χ1v) is 8.27. The smallest absolute Gasteiger partial charge is 0.423 e. The quantitative estimate of drug-likeness (QED) is 0.765. The summed E-state index contributed by atoms with van der Waals surface area (Å²) in [4.78, 5) is 21.8. The number of ether oxygens (including phenoxy) is 1. The summed E-state index contributed by atoms with van der Waals surface area (Å²) < 4.78 is 33.0. The summed E-state index contributed by atoms with van der Waals surface area (Å²) in [5, 5.41) is 9.86. The van der Waals surface area contributed by atoms with Gasteiger partial charge in [0.25, 0.3) is 0 Å². The molecule has 0 saturated carbocycles. The maximum absolute atomic E-state index is 14.2. The van der Waals surface area contributed by atoms with Gasteiger partial charge < -0.3 is 9.84 Å². The largest absolute Gasteiger partial charge is 0.483 e. The molecule has 1 atom stereocenters. The number of carbonyl (C=O) groups is 1. The van der Waals surface area contributed by atoms with Gasteiger partial charge in [0.1, 0.15) is 0 Å². The van der Waals surface area contributed by atoms with E-state index in [9.17, 15) is 18.7 Å². The van der Waals surface area contributed by atoms with Crippen LogP contribution in [0, 0.1) is 0 Å². The van der Waals surface area contributed by atoms with Crippen LogP contribution in [0.3, 0.4) is 0 Å². The van der Waals surface area contributed by atoms with E-state index in [4.69, 9.17) is 0 Å². The van der Waals surface area contributed by atoms with E-state index >= 15 is 0 Å². The first-order chi connectivity index (χ1) is 12.9. The van der Waals surface area contributed by atoms with Crippen molar-refractivity contribution in [1.29, 1.82) is 0 Å². The number of para-hydroxylation sites is 3. The van der Waals surface area contributed by atoms with E-state index in [1.807, 2.05) is 6.07 Å². The van der Waals surface area contributed by atoms with Gasteiger partial charge in [-0.25, -0.2) is 4.98 Å². The molecule has 8 heteroatoms. The topological polar surface area (TPSA) is 75.6 Å². The number of nitrogens with zero attached hydrogens (tertiary/aromatic N) is 3. The highest BCUT2D eigenvalue weighted by Crippen LogP contribution is 2.44. The minimum Gasteiger partial charge on any atom is -0.423 e. The predicted octanol–water partition coefficient (Wildman–Crippen LogP) is 3.20. The van der Waals surface area contributed by atoms with Crippen LogP contribution < -0.4 is 9.64 Å². The van der Waals surface area contributed by atoms with Crippen molar-refractivity contribution in [2.24, 2.45) is 0 Å². The molecule has 0 spiro atoms. The normalized spacial score (nSPS) is 16.7. The summed E-state index contributed by atoms with van der Waals surface area (Å²) in [6.07, 6.45) is -3.63. The molecule has 0 aliphatic carbocycles. The molecule has 1 aliphatic heterocycles. The Labute approximate surface area is 153 Å². The third-order valence-electron chi connectivity index (χ3n) is 4.31. The number of carbonyl (C=O) groups excluding carboxylic acids is 1. The Balaban J connectivity index is 1.79. The number of halogens is 2. The minimum absolute atomic E-state index is 0.152. The maximum Gasteiger partial charge on any atom is 0.483 e. The number of anilines is 1. The molecular formula is C19H15F2N3O3. The van der Waals surface area contributed by atoms with Crippen LogP contribution in [-0.2, 0) is 11.3 Å². The molecule has 2 heterocycles. The molecule has 0 bridgehead atoms. The van der Waals surface area contributed by atoms with Gasteiger partial charge in [-0.1, -0.05) is 24.3 Å². The van der Waals surface area contributed by atoms with Gasteiger partial charge >= 0.3 is 12.0 Å². The summed E-state index contributed by atoms with van der Waals surface area (Å²) in [6, 6.07) is 11.7. The molecule has 0 fully saturated rings. The van der Waals surface area contributed by atoms with Gasteiger partial charge in [-0.3, -0.25) is 14.7 Å². The second-order valence-corrected chi connectivity index (χ2v) is 6.23. The van der Waals surface area contributed by atoms with E-state index in [-0.39, 0.29) is 23.5 Å². The molecule has 3 aromatic rings. The van der Waals surface area contributed by atoms with Gasteiger partial charge in [0.05, 0.1) is 41.3 Å². The van der Waals surface area contributed by atoms with Gasteiger partial charge in [-0.2, -0.15) is 8.78 Å². The van der Waals surface area contributed by atoms with E-state index < -0.39 is 18.1 Å². The van der Waals surface area contributed by atoms with Gasteiger partial charge in [-0.05, 0) is 25.1 Å². The van der Waals surface area contributed by atoms with Crippen molar-refractivity contribution in [2.75, 3.05) is 4.90 Å². The van der Waals surface area contributed by atoms with Gasteiger partial charge in [0.2, 0.25) is 0 Å². The molecule has 0 unspecified atom stereocenters. The predicted molar refractivity (Wildman–Crippen MR) is 93.4 cm³/mol. The van der Waals surface area contributed by atoms with Crippen LogP contribution in [0.15, 0.2) is 48.7 Å². The monoisotopic (exact) mass is 371 g/mol. The lowest BCUT2D eigenvalue weighted by atomic mass is 10.1. The molecule has 0 radical (unpaired) electrons. The molecule has 138 valence electrons. The van der Waals surface area contributed by atoms with E-state index in [0.717, 1.165) is 4.90 Å². The fraction of sp³-hybridized carbons (Fsp3) is 0.211. The number of fused-ring (bicyclic) bond motifs is 2. The molecule has 1 aliphatic rings. The summed E-state index contributed by atoms with van der Waals surface area (Å²) in [6.45, 7) is 1.23. The molecule has 1 amide bonds. The Morgan fingerprint density at radius 1 is 1.19 bits per heavy atom. The fourth-order valence-corrected chi connectivity index (χ4v) is 3.02. The van der Waals surface area contributed by atoms with Crippen molar-refractivity contribution >= 4 is 22.6 Å². The maximum atomic E-state index is 14.2. The van der Waals surface area contributed by atoms with Crippen LogP contribution in [-0.4, -0.2) is 27.1 Å². The van der Waals surface area contributed by atoms with Crippen molar-refractivity contribution in [2.45, 2.75) is 25.7 Å². The summed E-state index contributed by atoms with van der Waals surface area (Å²) in [5.74, 6) is -1.71. The van der Waals surface area contributed by atoms with Crippen LogP contribution in [0.2, 0.25) is 0 Å². The average molecular weight is 371 g/mol. The number of amides is 1. The Kier molecular flexibility index (Phi) is 4.00. The summed E-state index contributed by atoms with van der Waals surface area (Å²) in [7, 11) is 0. The SMILES string of the molecule is C[C@H](O)c1cccc2c1OC(F)(F)C(=O)N2Cc1cnc2ccccc2n1. The Hall–Kier alpha value is -3.13. The van der Waals surface area contributed by atoms with Gasteiger partial charge in [0.15, 0.2) is 5.75 Å². The van der Waals surface area contributed by atoms with Crippen molar-refractivity contribution in [3.8, 4) is 5.75 Å². The Morgan fingerprint density at radius 2 is 1.93 bits per heavy atom. The Morgan fingerprint density at radius 3 is 2.67 bits per heavy atom. The average Bonchev–Trinajstić information content (AvgIpc) is 2.64. The number of hydrogen-bond acceptors (Lipinski definition) is 5. The Bertz CT molecular complexity index is 1040. The molecule has 2 aromatic carbocycles. The number of rotatable bonds is 3. The fourth-order valence-electron chi connectivity index (χ4n) is 3.02. The number of benzene rings is 2. The van der Waals surface area contributed by atoms with Crippen molar-refractivity contribution in [3.05, 3.63) is 59.9 Å². The standard InChI is InChI=1S/C19H15F2N3O3/c1-11(25)13-5-4-8-16-17(13)27-19(20,21)18(26)24(16)10-12-9-22-14-6-2-3-7-15(14)23-12/h2-9,11,25H,10H2,1H3/t11-/m0/s1. The molecule has 27 heavy (non-hydrogen) atoms. The minimum atomic E-state index is -4.04. The van der Waals surface area contributed by atoms with Crippen LogP contribution in [0.5, 0.6) is 5.75 Å². The number of aliphatic hydroxyl groups is 1. The molecule has 1 N–H and O–H groups in total. The van der Waals surface area contributed by atoms with Crippen molar-refractivity contribution < 1.29 is 23.4 Å². The number of aromatic nitrogens is 2. The highest BCUT2D eigenvalue weighted by Gasteiger charge is 2.51. The summed E-state index contributed by atoms with van der Waals surface area (Å²) >= 11 is 0. The highest BCUT2D eigenvalue weighted by molar-refractivity contribution is 6.01. The van der Waals surface area contributed by atoms with Gasteiger partial charge in [-0.15, -0.1) is 0 Å². The van der Waals surface area contributed by atoms with E-state index in [0.29, 0.717) is 16.7 Å². The van der Waals surface area contributed by atoms with E-state index in [1.54, 1.807) is 24.3 Å². The number of alkyl halides is 2. The van der Waals surface area contributed by atoms with Crippen LogP contribution in [0.4, 0.5) is 14.5 Å². The summed E-state index contributed by atoms with van der Waals surface area (Å²) in [5.41, 5.74) is 1.94.